The maximum atomic E-state index is 12.1. The Morgan fingerprint density at radius 3 is 2.07 bits per heavy atom. The molecule has 1 unspecified atom stereocenters. The van der Waals surface area contributed by atoms with Gasteiger partial charge < -0.3 is 5.73 Å². The third-order valence-electron chi connectivity index (χ3n) is 3.17. The van der Waals surface area contributed by atoms with E-state index in [0.29, 0.717) is 13.1 Å². The highest BCUT2D eigenvalue weighted by molar-refractivity contribution is 7.90. The highest BCUT2D eigenvalue weighted by atomic mass is 32.2. The third kappa shape index (κ3) is 1.81. The van der Waals surface area contributed by atoms with Crippen LogP contribution >= 0.6 is 0 Å². The summed E-state index contributed by atoms with van der Waals surface area (Å²) in [5, 5.41) is 0. The summed E-state index contributed by atoms with van der Waals surface area (Å²) in [4.78, 5) is 0. The first kappa shape index (κ1) is 11.9. The van der Waals surface area contributed by atoms with Crippen LogP contribution in [-0.2, 0) is 10.0 Å². The van der Waals surface area contributed by atoms with E-state index < -0.39 is 14.8 Å². The summed E-state index contributed by atoms with van der Waals surface area (Å²) in [5.74, 6) is 0. The van der Waals surface area contributed by atoms with Crippen LogP contribution in [0.3, 0.4) is 0 Å². The molecule has 1 heterocycles. The molecule has 0 aliphatic carbocycles. The molecule has 5 heteroatoms. The summed E-state index contributed by atoms with van der Waals surface area (Å²) in [7, 11) is -3.23. The van der Waals surface area contributed by atoms with E-state index in [2.05, 4.69) is 0 Å². The van der Waals surface area contributed by atoms with Gasteiger partial charge in [-0.1, -0.05) is 0 Å². The molecule has 0 aromatic rings. The average Bonchev–Trinajstić information content (AvgIpc) is 2.55. The Bertz CT molecular complexity index is 290. The van der Waals surface area contributed by atoms with Gasteiger partial charge in [-0.05, 0) is 33.6 Å². The SMILES string of the molecule is CC(N)C(C)(C)S(=O)(=O)N1CCCC1. The Hall–Kier alpha value is -0.130. The minimum Gasteiger partial charge on any atom is -0.326 e. The van der Waals surface area contributed by atoms with Gasteiger partial charge in [-0.25, -0.2) is 12.7 Å². The van der Waals surface area contributed by atoms with Crippen molar-refractivity contribution in [3.8, 4) is 0 Å². The Labute approximate surface area is 86.5 Å². The number of sulfonamides is 1. The molecule has 0 radical (unpaired) electrons. The second kappa shape index (κ2) is 3.79. The lowest BCUT2D eigenvalue weighted by molar-refractivity contribution is 0.423. The molecule has 14 heavy (non-hydrogen) atoms. The molecule has 2 N–H and O–H groups in total. The maximum Gasteiger partial charge on any atom is 0.220 e. The zero-order valence-electron chi connectivity index (χ0n) is 9.16. The maximum absolute atomic E-state index is 12.1. The molecular formula is C9H20N2O2S. The van der Waals surface area contributed by atoms with Crippen molar-refractivity contribution in [1.29, 1.82) is 0 Å². The van der Waals surface area contributed by atoms with Gasteiger partial charge in [0.2, 0.25) is 10.0 Å². The molecule has 1 fully saturated rings. The zero-order valence-corrected chi connectivity index (χ0v) is 9.97. The third-order valence-corrected chi connectivity index (χ3v) is 5.91. The number of nitrogens with zero attached hydrogens (tertiary/aromatic N) is 1. The summed E-state index contributed by atoms with van der Waals surface area (Å²) in [6.45, 7) is 6.45. The fourth-order valence-electron chi connectivity index (χ4n) is 1.50. The fraction of sp³-hybridized carbons (Fsp3) is 1.00. The van der Waals surface area contributed by atoms with Crippen LogP contribution in [0.25, 0.3) is 0 Å². The molecule has 0 aromatic carbocycles. The van der Waals surface area contributed by atoms with Crippen LogP contribution in [0.4, 0.5) is 0 Å². The Morgan fingerprint density at radius 2 is 1.71 bits per heavy atom. The van der Waals surface area contributed by atoms with Crippen LogP contribution in [0.15, 0.2) is 0 Å². The van der Waals surface area contributed by atoms with E-state index in [1.165, 1.54) is 0 Å². The second-order valence-corrected chi connectivity index (χ2v) is 7.02. The van der Waals surface area contributed by atoms with E-state index >= 15 is 0 Å². The fourth-order valence-corrected chi connectivity index (χ4v) is 3.37. The van der Waals surface area contributed by atoms with Gasteiger partial charge in [0, 0.05) is 19.1 Å². The van der Waals surface area contributed by atoms with Crippen LogP contribution in [-0.4, -0.2) is 36.6 Å². The van der Waals surface area contributed by atoms with Gasteiger partial charge in [-0.3, -0.25) is 0 Å². The summed E-state index contributed by atoms with van der Waals surface area (Å²) in [5.41, 5.74) is 5.72. The van der Waals surface area contributed by atoms with Crippen LogP contribution in [0, 0.1) is 0 Å². The van der Waals surface area contributed by atoms with Crippen LogP contribution < -0.4 is 5.73 Å². The number of rotatable bonds is 3. The summed E-state index contributed by atoms with van der Waals surface area (Å²) >= 11 is 0. The second-order valence-electron chi connectivity index (χ2n) is 4.50. The first-order chi connectivity index (χ1) is 6.30. The molecule has 0 amide bonds. The summed E-state index contributed by atoms with van der Waals surface area (Å²) in [6.07, 6.45) is 1.93. The predicted octanol–water partition coefficient (Wildman–Crippen LogP) is 0.538. The minimum absolute atomic E-state index is 0.354. The van der Waals surface area contributed by atoms with E-state index in [9.17, 15) is 8.42 Å². The molecule has 1 aliphatic rings. The summed E-state index contributed by atoms with van der Waals surface area (Å²) in [6, 6.07) is -0.354. The average molecular weight is 220 g/mol. The van der Waals surface area contributed by atoms with Crippen molar-refractivity contribution in [1.82, 2.24) is 4.31 Å². The van der Waals surface area contributed by atoms with Crippen molar-refractivity contribution in [3.05, 3.63) is 0 Å². The van der Waals surface area contributed by atoms with E-state index in [1.54, 1.807) is 25.1 Å². The lowest BCUT2D eigenvalue weighted by atomic mass is 10.1. The van der Waals surface area contributed by atoms with E-state index in [-0.39, 0.29) is 6.04 Å². The van der Waals surface area contributed by atoms with E-state index in [0.717, 1.165) is 12.8 Å². The standard InChI is InChI=1S/C9H20N2O2S/c1-8(10)9(2,3)14(12,13)11-6-4-5-7-11/h8H,4-7,10H2,1-3H3. The number of hydrogen-bond donors (Lipinski definition) is 1. The van der Waals surface area contributed by atoms with E-state index in [4.69, 9.17) is 5.73 Å². The van der Waals surface area contributed by atoms with Crippen molar-refractivity contribution in [2.45, 2.75) is 44.4 Å². The first-order valence-corrected chi connectivity index (χ1v) is 6.49. The van der Waals surface area contributed by atoms with Crippen molar-refractivity contribution >= 4 is 10.0 Å². The van der Waals surface area contributed by atoms with Gasteiger partial charge in [0.15, 0.2) is 0 Å². The largest absolute Gasteiger partial charge is 0.326 e. The number of hydrogen-bond acceptors (Lipinski definition) is 3. The minimum atomic E-state index is -3.23. The first-order valence-electron chi connectivity index (χ1n) is 5.05. The Kier molecular flexibility index (Phi) is 3.23. The molecule has 0 bridgehead atoms. The van der Waals surface area contributed by atoms with Gasteiger partial charge >= 0.3 is 0 Å². The van der Waals surface area contributed by atoms with E-state index in [1.807, 2.05) is 0 Å². The predicted molar refractivity (Wildman–Crippen MR) is 57.5 cm³/mol. The Morgan fingerprint density at radius 1 is 1.29 bits per heavy atom. The topological polar surface area (TPSA) is 63.4 Å². The van der Waals surface area contributed by atoms with Gasteiger partial charge in [0.05, 0.1) is 4.75 Å². The lowest BCUT2D eigenvalue weighted by Gasteiger charge is -2.32. The smallest absolute Gasteiger partial charge is 0.220 e. The van der Waals surface area contributed by atoms with Gasteiger partial charge in [-0.15, -0.1) is 0 Å². The van der Waals surface area contributed by atoms with Crippen molar-refractivity contribution in [2.75, 3.05) is 13.1 Å². The van der Waals surface area contributed by atoms with Gasteiger partial charge in [-0.2, -0.15) is 0 Å². The van der Waals surface area contributed by atoms with Crippen LogP contribution in [0.5, 0.6) is 0 Å². The quantitative estimate of drug-likeness (QED) is 0.755. The number of nitrogens with two attached hydrogens (primary N) is 1. The summed E-state index contributed by atoms with van der Waals surface area (Å²) < 4.78 is 25.0. The highest BCUT2D eigenvalue weighted by Crippen LogP contribution is 2.26. The lowest BCUT2D eigenvalue weighted by Crippen LogP contribution is -2.53. The molecular weight excluding hydrogens is 200 g/mol. The van der Waals surface area contributed by atoms with Crippen LogP contribution in [0.1, 0.15) is 33.6 Å². The molecule has 1 rings (SSSR count). The monoisotopic (exact) mass is 220 g/mol. The van der Waals surface area contributed by atoms with Gasteiger partial charge in [0.1, 0.15) is 0 Å². The van der Waals surface area contributed by atoms with Crippen molar-refractivity contribution in [2.24, 2.45) is 5.73 Å². The van der Waals surface area contributed by atoms with Crippen molar-refractivity contribution in [3.63, 3.8) is 0 Å². The van der Waals surface area contributed by atoms with Crippen LogP contribution in [0.2, 0.25) is 0 Å². The van der Waals surface area contributed by atoms with Crippen molar-refractivity contribution < 1.29 is 8.42 Å². The molecule has 0 aromatic heterocycles. The Balaban J connectivity index is 2.94. The molecule has 4 nitrogen and oxygen atoms in total. The molecule has 0 spiro atoms. The normalized spacial score (nSPS) is 22.6. The highest BCUT2D eigenvalue weighted by Gasteiger charge is 2.42. The molecule has 1 atom stereocenters. The molecule has 0 saturated carbocycles. The zero-order chi connectivity index (χ0) is 11.0. The molecule has 84 valence electrons. The molecule has 1 saturated heterocycles. The molecule has 1 aliphatic heterocycles. The van der Waals surface area contributed by atoms with Gasteiger partial charge in [0.25, 0.3) is 0 Å².